The van der Waals surface area contributed by atoms with Gasteiger partial charge >= 0.3 is 0 Å². The van der Waals surface area contributed by atoms with E-state index in [1.165, 1.54) is 60.5 Å². The Balaban J connectivity index is 1.27. The monoisotopic (exact) mass is 603 g/mol. The third-order valence-electron chi connectivity index (χ3n) is 10.9. The molecule has 3 nitrogen and oxygen atoms in total. The van der Waals surface area contributed by atoms with E-state index >= 15 is 0 Å². The van der Waals surface area contributed by atoms with Crippen molar-refractivity contribution in [1.29, 1.82) is 0 Å². The van der Waals surface area contributed by atoms with Gasteiger partial charge in [-0.2, -0.15) is 0 Å². The number of fused-ring (bicyclic) bond motifs is 5. The average Bonchev–Trinajstić information content (AvgIpc) is 3.56. The molecule has 47 heavy (non-hydrogen) atoms. The van der Waals surface area contributed by atoms with Gasteiger partial charge in [0.1, 0.15) is 5.69 Å². The quantitative estimate of drug-likeness (QED) is 0.188. The Morgan fingerprint density at radius 3 is 2.09 bits per heavy atom. The summed E-state index contributed by atoms with van der Waals surface area (Å²) in [4.78, 5) is 0. The van der Waals surface area contributed by atoms with E-state index in [1.807, 2.05) is 12.1 Å². The molecule has 3 heterocycles. The summed E-state index contributed by atoms with van der Waals surface area (Å²) in [6, 6.07) is 48.6. The van der Waals surface area contributed by atoms with E-state index < -0.39 is 0 Å². The Morgan fingerprint density at radius 2 is 1.17 bits per heavy atom. The van der Waals surface area contributed by atoms with Gasteiger partial charge in [-0.1, -0.05) is 117 Å². The Kier molecular flexibility index (Phi) is 4.71. The van der Waals surface area contributed by atoms with Crippen molar-refractivity contribution in [2.24, 2.45) is 0 Å². The van der Waals surface area contributed by atoms with Gasteiger partial charge in [-0.05, 0) is 80.0 Å². The first-order valence-corrected chi connectivity index (χ1v) is 16.4. The third-order valence-corrected chi connectivity index (χ3v) is 10.9. The van der Waals surface area contributed by atoms with Gasteiger partial charge < -0.3 is 9.47 Å². The van der Waals surface area contributed by atoms with Crippen LogP contribution in [0.2, 0.25) is 0 Å². The van der Waals surface area contributed by atoms with Crippen molar-refractivity contribution in [3.8, 4) is 39.8 Å². The van der Waals surface area contributed by atoms with E-state index in [0.29, 0.717) is 0 Å². The number of para-hydroxylation sites is 2. The van der Waals surface area contributed by atoms with Crippen LogP contribution < -0.4 is 9.47 Å². The van der Waals surface area contributed by atoms with Crippen LogP contribution in [0.25, 0.3) is 49.4 Å². The second kappa shape index (κ2) is 8.71. The molecule has 222 valence electrons. The van der Waals surface area contributed by atoms with Crippen LogP contribution in [0.3, 0.4) is 0 Å². The smallest absolute Gasteiger partial charge is 0.155 e. The van der Waals surface area contributed by atoms with E-state index in [0.717, 1.165) is 39.7 Å². The zero-order valence-corrected chi connectivity index (χ0v) is 26.0. The number of ether oxygens (including phenoxy) is 2. The number of hydrogen-bond donors (Lipinski definition) is 0. The highest BCUT2D eigenvalue weighted by Gasteiger charge is 2.40. The highest BCUT2D eigenvalue weighted by molar-refractivity contribution is 6.15. The van der Waals surface area contributed by atoms with Gasteiger partial charge in [0.2, 0.25) is 0 Å². The van der Waals surface area contributed by atoms with Crippen molar-refractivity contribution in [1.82, 2.24) is 4.57 Å². The zero-order valence-electron chi connectivity index (χ0n) is 26.0. The van der Waals surface area contributed by atoms with Gasteiger partial charge in [0, 0.05) is 22.1 Å². The molecule has 0 N–H and O–H groups in total. The topological polar surface area (TPSA) is 23.4 Å². The molecule has 1 aliphatic carbocycles. The normalized spacial score (nSPS) is 15.0. The summed E-state index contributed by atoms with van der Waals surface area (Å²) in [5.41, 5.74) is 12.3. The molecule has 0 saturated carbocycles. The fourth-order valence-corrected chi connectivity index (χ4v) is 8.98. The summed E-state index contributed by atoms with van der Waals surface area (Å²) in [6.45, 7) is 4.77. The number of nitrogens with zero attached hydrogens (tertiary/aromatic N) is 1. The van der Waals surface area contributed by atoms with Crippen molar-refractivity contribution in [3.63, 3.8) is 0 Å². The molecule has 1 atom stereocenters. The molecule has 1 unspecified atom stereocenters. The molecule has 0 radical (unpaired) electrons. The molecule has 3 aliphatic rings. The van der Waals surface area contributed by atoms with E-state index in [2.05, 4.69) is 140 Å². The minimum atomic E-state index is -0.156. The molecule has 0 bridgehead atoms. The maximum Gasteiger partial charge on any atom is 0.155 e. The predicted molar refractivity (Wildman–Crippen MR) is 190 cm³/mol. The first kappa shape index (κ1) is 25.4. The van der Waals surface area contributed by atoms with Crippen LogP contribution in [0.15, 0.2) is 133 Å². The predicted octanol–water partition coefficient (Wildman–Crippen LogP) is 11.6. The van der Waals surface area contributed by atoms with E-state index in [4.69, 9.17) is 9.47 Å². The summed E-state index contributed by atoms with van der Waals surface area (Å²) in [5, 5.41) is 4.87. The molecule has 7 aromatic carbocycles. The molecule has 0 amide bonds. The summed E-state index contributed by atoms with van der Waals surface area (Å²) in [5.74, 6) is 3.37. The van der Waals surface area contributed by atoms with Crippen molar-refractivity contribution >= 4 is 32.6 Å². The number of rotatable bonds is 3. The van der Waals surface area contributed by atoms with Crippen LogP contribution in [-0.2, 0) is 5.41 Å². The van der Waals surface area contributed by atoms with Crippen molar-refractivity contribution in [2.45, 2.75) is 25.2 Å². The third kappa shape index (κ3) is 3.16. The summed E-state index contributed by atoms with van der Waals surface area (Å²) in [7, 11) is 0. The fourth-order valence-electron chi connectivity index (χ4n) is 8.98. The molecule has 0 saturated heterocycles. The molecular weight excluding hydrogens is 574 g/mol. The van der Waals surface area contributed by atoms with Crippen LogP contribution in [0, 0.1) is 0 Å². The maximum absolute atomic E-state index is 6.82. The maximum atomic E-state index is 6.82. The Labute approximate surface area is 272 Å². The van der Waals surface area contributed by atoms with Gasteiger partial charge in [0.25, 0.3) is 0 Å². The molecule has 11 rings (SSSR count). The summed E-state index contributed by atoms with van der Waals surface area (Å²) < 4.78 is 15.6. The van der Waals surface area contributed by atoms with E-state index in [9.17, 15) is 0 Å². The zero-order chi connectivity index (χ0) is 31.0. The van der Waals surface area contributed by atoms with Crippen LogP contribution in [0.4, 0.5) is 0 Å². The lowest BCUT2D eigenvalue weighted by Gasteiger charge is -2.30. The standard InChI is InChI=1S/C44H29NO2/c1-44(2)34-19-6-5-14-28(34)30-16-8-18-32(40(30)44)39(29-15-7-12-25-11-3-4-13-27(25)29)26-23-33-31-17-9-20-35-41(31)45-42(33)38(24-26)47-37-22-10-21-36(46-35)43(37)45/h3-24,39H,1-2H3. The molecule has 2 aliphatic heterocycles. The molecule has 0 fully saturated rings. The van der Waals surface area contributed by atoms with Gasteiger partial charge in [-0.3, -0.25) is 4.57 Å². The average molecular weight is 604 g/mol. The molecule has 3 heteroatoms. The van der Waals surface area contributed by atoms with Crippen molar-refractivity contribution in [3.05, 3.63) is 161 Å². The first-order chi connectivity index (χ1) is 23.1. The second-order valence-corrected chi connectivity index (χ2v) is 13.7. The molecular formula is C44H29NO2. The molecule has 0 spiro atoms. The van der Waals surface area contributed by atoms with Gasteiger partial charge in [0.05, 0.1) is 11.0 Å². The van der Waals surface area contributed by atoms with Crippen molar-refractivity contribution in [2.75, 3.05) is 0 Å². The SMILES string of the molecule is CC1(C)c2ccccc2-c2cccc(C(c3cc4c5c(c3)c3cccc6c3n5-c3c(cccc3O4)O6)c3cccc4ccccc34)c21. The Morgan fingerprint density at radius 1 is 0.532 bits per heavy atom. The highest BCUT2D eigenvalue weighted by Crippen LogP contribution is 2.57. The van der Waals surface area contributed by atoms with Crippen LogP contribution >= 0.6 is 0 Å². The largest absolute Gasteiger partial charge is 0.453 e. The fraction of sp³-hybridized carbons (Fsp3) is 0.0909. The second-order valence-electron chi connectivity index (χ2n) is 13.7. The Bertz CT molecular complexity index is 2670. The minimum absolute atomic E-state index is 0.0374. The highest BCUT2D eigenvalue weighted by atomic mass is 16.5. The molecule has 1 aromatic heterocycles. The summed E-state index contributed by atoms with van der Waals surface area (Å²) in [6.07, 6.45) is 0. The van der Waals surface area contributed by atoms with Gasteiger partial charge in [-0.15, -0.1) is 0 Å². The van der Waals surface area contributed by atoms with Crippen LogP contribution in [0.1, 0.15) is 47.6 Å². The Hall–Kier alpha value is -5.80. The van der Waals surface area contributed by atoms with Gasteiger partial charge in [0.15, 0.2) is 23.0 Å². The first-order valence-electron chi connectivity index (χ1n) is 16.4. The van der Waals surface area contributed by atoms with Crippen LogP contribution in [0.5, 0.6) is 23.0 Å². The van der Waals surface area contributed by atoms with E-state index in [1.54, 1.807) is 0 Å². The number of aromatic nitrogens is 1. The van der Waals surface area contributed by atoms with Crippen LogP contribution in [-0.4, -0.2) is 4.57 Å². The van der Waals surface area contributed by atoms with Crippen molar-refractivity contribution < 1.29 is 9.47 Å². The van der Waals surface area contributed by atoms with E-state index in [-0.39, 0.29) is 11.3 Å². The minimum Gasteiger partial charge on any atom is -0.453 e. The number of hydrogen-bond acceptors (Lipinski definition) is 2. The summed E-state index contributed by atoms with van der Waals surface area (Å²) >= 11 is 0. The lowest BCUT2D eigenvalue weighted by Crippen LogP contribution is -2.19. The molecule has 8 aromatic rings. The van der Waals surface area contributed by atoms with Gasteiger partial charge in [-0.25, -0.2) is 0 Å². The lowest BCUT2D eigenvalue weighted by molar-refractivity contribution is 0.443. The number of benzene rings is 7. The lowest BCUT2D eigenvalue weighted by atomic mass is 9.73.